The quantitative estimate of drug-likeness (QED) is 0.00829. The van der Waals surface area contributed by atoms with Gasteiger partial charge in [0.05, 0.1) is 52.3 Å². The summed E-state index contributed by atoms with van der Waals surface area (Å²) in [5.41, 5.74) is 21.1. The van der Waals surface area contributed by atoms with Gasteiger partial charge in [0.25, 0.3) is 0 Å². The zero-order valence-electron chi connectivity index (χ0n) is 79.6. The monoisotopic (exact) mass is 1990 g/mol. The van der Waals surface area contributed by atoms with Crippen LogP contribution in [-0.2, 0) is 99.2 Å². The molecule has 0 unspecified atom stereocenters. The minimum Gasteiger partial charge on any atom is -0.480 e. The predicted octanol–water partition coefficient (Wildman–Crippen LogP) is -2.25. The molecule has 10 amide bonds. The maximum atomic E-state index is 15.7. The van der Waals surface area contributed by atoms with Crippen molar-refractivity contribution in [3.05, 3.63) is 210 Å². The first-order valence-electron chi connectivity index (χ1n) is 47.5. The van der Waals surface area contributed by atoms with E-state index in [0.717, 1.165) is 10.8 Å². The third kappa shape index (κ3) is 34.0. The van der Waals surface area contributed by atoms with E-state index >= 15 is 38.4 Å². The molecule has 46 heteroatoms. The number of fused-ring (bicyclic) bond motifs is 3. The van der Waals surface area contributed by atoms with E-state index in [1.165, 1.54) is 17.4 Å². The minimum absolute atomic E-state index is 0.0124. The highest BCUT2D eigenvalue weighted by atomic mass is 16.5. The number of aliphatic hydroxyl groups is 1. The van der Waals surface area contributed by atoms with Crippen LogP contribution in [0.5, 0.6) is 0 Å². The molecule has 0 spiro atoms. The van der Waals surface area contributed by atoms with Gasteiger partial charge in [0, 0.05) is 174 Å². The maximum Gasteiger partial charge on any atom is 0.317 e. The summed E-state index contributed by atoms with van der Waals surface area (Å²) in [4.78, 5) is 223. The average molecular weight is 1990 g/mol. The molecule has 2 aliphatic heterocycles. The Labute approximate surface area is 828 Å². The zero-order chi connectivity index (χ0) is 103. The van der Waals surface area contributed by atoms with E-state index in [2.05, 4.69) is 83.7 Å². The minimum atomic E-state index is -1.94. The van der Waals surface area contributed by atoms with Gasteiger partial charge in [-0.3, -0.25) is 103 Å². The van der Waals surface area contributed by atoms with Crippen molar-refractivity contribution in [1.82, 2.24) is 108 Å². The second-order valence-electron chi connectivity index (χ2n) is 35.3. The number of hydrogen-bond donors (Lipinski definition) is 25. The summed E-state index contributed by atoms with van der Waals surface area (Å²) < 4.78 is 5.59. The second kappa shape index (κ2) is 54.9. The van der Waals surface area contributed by atoms with E-state index in [1.807, 2.05) is 36.4 Å². The van der Waals surface area contributed by atoms with Gasteiger partial charge in [0.15, 0.2) is 23.7 Å². The number of aliphatic carboxylic acids is 3. The molecule has 144 heavy (non-hydrogen) atoms. The van der Waals surface area contributed by atoms with Crippen molar-refractivity contribution in [2.45, 2.75) is 125 Å². The molecule has 0 bridgehead atoms. The van der Waals surface area contributed by atoms with Crippen LogP contribution in [0.1, 0.15) is 82.4 Å². The zero-order valence-corrected chi connectivity index (χ0v) is 79.6. The second-order valence-corrected chi connectivity index (χ2v) is 35.3. The fourth-order valence-electron chi connectivity index (χ4n) is 17.2. The van der Waals surface area contributed by atoms with Crippen LogP contribution in [0.2, 0.25) is 0 Å². The topological polar surface area (TPSA) is 700 Å². The smallest absolute Gasteiger partial charge is 0.317 e. The number of carbonyl (C=O) groups is 14. The number of nitrogens with two attached hydrogens (primary N) is 3. The van der Waals surface area contributed by atoms with Crippen LogP contribution in [0.3, 0.4) is 0 Å². The molecule has 0 radical (unpaired) electrons. The van der Waals surface area contributed by atoms with E-state index < -0.39 is 182 Å². The normalized spacial score (nSPS) is 15.6. The first-order valence-corrected chi connectivity index (χ1v) is 47.5. The number of aliphatic hydroxyl groups excluding tert-OH is 1. The van der Waals surface area contributed by atoms with E-state index in [-0.39, 0.29) is 174 Å². The number of rotatable bonds is 52. The number of carbonyl (C=O) groups excluding carboxylic acids is 11. The molecule has 46 nitrogen and oxygen atoms in total. The molecule has 28 N–H and O–H groups in total. The molecule has 11 rings (SSSR count). The fraction of sp³-hybridized carbons (Fsp3) is 0.408. The number of likely N-dealkylation sites (tertiary alicyclic amines) is 1. The van der Waals surface area contributed by atoms with Crippen LogP contribution in [0.4, 0.5) is 0 Å². The predicted molar refractivity (Wildman–Crippen MR) is 532 cm³/mol. The largest absolute Gasteiger partial charge is 0.480 e. The Bertz CT molecular complexity index is 5910. The number of H-pyrrole nitrogens is 3. The molecule has 0 saturated carbocycles. The van der Waals surface area contributed by atoms with Crippen molar-refractivity contribution in [1.29, 1.82) is 16.2 Å². The number of amides is 10. The third-order valence-corrected chi connectivity index (χ3v) is 24.7. The summed E-state index contributed by atoms with van der Waals surface area (Å²) in [6.07, 6.45) is 4.80. The van der Waals surface area contributed by atoms with Crippen molar-refractivity contribution in [2.24, 2.45) is 17.2 Å². The number of para-hydroxylation sites is 2. The van der Waals surface area contributed by atoms with Crippen LogP contribution in [-0.4, -0.2) is 351 Å². The van der Waals surface area contributed by atoms with Crippen molar-refractivity contribution in [2.75, 3.05) is 131 Å². The van der Waals surface area contributed by atoms with Gasteiger partial charge in [-0.25, -0.2) is 4.98 Å². The molecular weight excluding hydrogens is 1860 g/mol. The van der Waals surface area contributed by atoms with Crippen LogP contribution in [0.15, 0.2) is 171 Å². The number of imidazole rings is 1. The average Bonchev–Trinajstić information content (AvgIpc) is 1.55. The first kappa shape index (κ1) is 109. The first-order chi connectivity index (χ1) is 69.3. The fourth-order valence-corrected chi connectivity index (χ4v) is 17.2. The summed E-state index contributed by atoms with van der Waals surface area (Å²) in [7, 11) is 0. The molecule has 5 heterocycles. The highest BCUT2D eigenvalue weighted by Crippen LogP contribution is 2.26. The third-order valence-electron chi connectivity index (χ3n) is 24.7. The van der Waals surface area contributed by atoms with Gasteiger partial charge in [0.1, 0.15) is 54.4 Å². The van der Waals surface area contributed by atoms with Crippen molar-refractivity contribution in [3.8, 4) is 0 Å². The van der Waals surface area contributed by atoms with Crippen LogP contribution in [0.25, 0.3) is 32.6 Å². The Balaban J connectivity index is 0.852. The van der Waals surface area contributed by atoms with Gasteiger partial charge in [-0.1, -0.05) is 133 Å². The molecule has 0 aliphatic carbocycles. The molecule has 3 aromatic heterocycles. The Morgan fingerprint density at radius 2 is 0.826 bits per heavy atom. The van der Waals surface area contributed by atoms with Crippen molar-refractivity contribution in [3.63, 3.8) is 0 Å². The van der Waals surface area contributed by atoms with Gasteiger partial charge in [-0.2, -0.15) is 0 Å². The Morgan fingerprint density at radius 3 is 1.32 bits per heavy atom. The number of ether oxygens (including phenoxy) is 1. The van der Waals surface area contributed by atoms with Gasteiger partial charge in [0.2, 0.25) is 59.1 Å². The summed E-state index contributed by atoms with van der Waals surface area (Å²) >= 11 is 0. The number of carboxylic acid groups (broad SMARTS) is 3. The van der Waals surface area contributed by atoms with Crippen molar-refractivity contribution < 1.29 is 92.3 Å². The Kier molecular flexibility index (Phi) is 41.4. The molecular formula is C98H127N27O19. The number of nitrogens with zero attached hydrogens (tertiary/aromatic N) is 6. The lowest BCUT2D eigenvalue weighted by Gasteiger charge is -2.33. The van der Waals surface area contributed by atoms with Crippen LogP contribution < -0.4 is 81.0 Å². The summed E-state index contributed by atoms with van der Waals surface area (Å²) in [6, 6.07) is 28.0. The molecule has 2 aliphatic rings. The standard InChI is InChI=1S/C98H127N27O19/c99-96(100)107-30-10-21-73(114-89(137)75(47-61-26-27-62-13-4-5-16-65(62)45-61)113-82(127)54-121-35-37-122(55-83(128)129)39-41-124(57-85(132)133)42-40-123(38-36-121)56-84(130)131)87(135)117-77(49-67-52-111-72-20-9-7-18-70(67)72)91(139)120-80(58-126)93(141)118-78(50-68-53-105-59-112-68)92(140)115-74(22-11-31-108-97(101)102)88(136)116-76(48-66-51-110-71-19-8-6-17-69(66)71)90(138)119-79(46-60-24-28-64(29-25-60)86(134)63-14-2-1-3-15-63)95(143)125-34-12-23-81(125)94(142)106-32-43-144-44-33-109-98(103)104/h1-9,13-20,24-29,45,51-53,59,73-81,110-111,126H,10-12,21-23,30-44,46-50,54-58H2,(H,105,112)(H,106,142)(H,113,127)(H,114,137)(H,115,140)(H,116,136)(H,117,135)(H,118,141)(H,119,138)(H,120,139)(H,128,129)(H,130,131)(H,132,133)(H4,99,100,107)(H4,101,102,108)(H4,103,104,109)/t73-,74+,75+,76-,77-,78-,79-,80-,81-/m0/s1. The van der Waals surface area contributed by atoms with Gasteiger partial charge in [-0.05, 0) is 83.7 Å². The van der Waals surface area contributed by atoms with Gasteiger partial charge in [-0.15, -0.1) is 0 Å². The van der Waals surface area contributed by atoms with Gasteiger partial charge < -0.3 is 126 Å². The molecule has 9 atom stereocenters. The van der Waals surface area contributed by atoms with E-state index in [0.29, 0.717) is 61.6 Å². The highest BCUT2D eigenvalue weighted by Gasteiger charge is 2.41. The number of hydrogen-bond acceptors (Lipinski definition) is 24. The van der Waals surface area contributed by atoms with Crippen LogP contribution >= 0.6 is 0 Å². The number of benzene rings is 6. The molecule has 9 aromatic rings. The molecule has 768 valence electrons. The van der Waals surface area contributed by atoms with Gasteiger partial charge >= 0.3 is 17.9 Å². The highest BCUT2D eigenvalue weighted by molar-refractivity contribution is 6.09. The number of nitrogens with one attached hydrogen (secondary N) is 18. The maximum absolute atomic E-state index is 15.7. The number of ketones is 1. The summed E-state index contributed by atoms with van der Waals surface area (Å²) in [6.45, 7) is -1.59. The summed E-state index contributed by atoms with van der Waals surface area (Å²) in [5, 5.41) is 100.0. The Hall–Kier alpha value is -15.8. The molecule has 2 fully saturated rings. The van der Waals surface area contributed by atoms with Crippen molar-refractivity contribution >= 4 is 133 Å². The van der Waals surface area contributed by atoms with Crippen LogP contribution in [0, 0.1) is 16.2 Å². The number of carboxylic acids is 3. The Morgan fingerprint density at radius 1 is 0.417 bits per heavy atom. The number of aromatic nitrogens is 4. The SMILES string of the molecule is N=C(N)NCCC[C@H](NC(=O)[C@@H](Cc1ccc2ccccc2c1)NC(=O)CN1CCN(CC(=O)O)CCN(CC(=O)O)CCN(CC(=O)O)CC1)C(=O)N[C@@H](Cc1c[nH]c2ccccc12)C(=O)N[C@@H](CO)C(=O)N[C@@H](Cc1cnc[nH]1)C(=O)N[C@H](CCCNC(=N)N)C(=O)N[C@@H](Cc1c[nH]c2ccccc12)C(=O)N[C@@H](Cc1ccc(C(=O)c2ccccc2)cc1)C(=O)N1CCC[C@H]1C(=O)NCCOCCNC(=N)N. The van der Waals surface area contributed by atoms with E-state index in [9.17, 15) is 49.2 Å². The number of aromatic amines is 3. The summed E-state index contributed by atoms with van der Waals surface area (Å²) in [5.74, 6) is -13.7. The molecule has 2 saturated heterocycles. The van der Waals surface area contributed by atoms with E-state index in [4.69, 9.17) is 38.2 Å². The number of guanidine groups is 3. The lowest BCUT2D eigenvalue weighted by molar-refractivity contribution is -0.142. The lowest BCUT2D eigenvalue weighted by Crippen LogP contribution is -2.61. The van der Waals surface area contributed by atoms with E-state index in [1.54, 1.807) is 141 Å². The lowest BCUT2D eigenvalue weighted by atomic mass is 9.98. The molecule has 6 aromatic carbocycles.